The number of nitrogens with zero attached hydrogens (tertiary/aromatic N) is 2. The zero-order chi connectivity index (χ0) is 28.7. The van der Waals surface area contributed by atoms with Crippen LogP contribution in [0.2, 0.25) is 0 Å². The molecule has 0 amide bonds. The number of aromatic nitrogens is 2. The minimum absolute atomic E-state index is 0.868. The highest BCUT2D eigenvalue weighted by atomic mass is 32.2. The molecular formula is C34H28N2S6. The largest absolute Gasteiger partial charge is 0.260 e. The van der Waals surface area contributed by atoms with Gasteiger partial charge in [0.1, 0.15) is 0 Å². The summed E-state index contributed by atoms with van der Waals surface area (Å²) in [5, 5.41) is 0. The quantitative estimate of drug-likeness (QED) is 0.176. The molecule has 4 heterocycles. The Morgan fingerprint density at radius 1 is 0.524 bits per heavy atom. The van der Waals surface area contributed by atoms with Crippen molar-refractivity contribution in [3.63, 3.8) is 0 Å². The maximum atomic E-state index is 4.54. The highest BCUT2D eigenvalue weighted by Crippen LogP contribution is 2.62. The number of pyridine rings is 2. The van der Waals surface area contributed by atoms with Gasteiger partial charge in [-0.3, -0.25) is 9.97 Å². The van der Waals surface area contributed by atoms with E-state index < -0.39 is 0 Å². The third-order valence-electron chi connectivity index (χ3n) is 6.38. The summed E-state index contributed by atoms with van der Waals surface area (Å²) in [6.07, 6.45) is 3.75. The number of hydrogen-bond donors (Lipinski definition) is 0. The number of benzene rings is 2. The Labute approximate surface area is 273 Å². The summed E-state index contributed by atoms with van der Waals surface area (Å²) in [5.74, 6) is 1.74. The number of thioether (sulfide) groups is 6. The second-order valence-electron chi connectivity index (χ2n) is 9.37. The Bertz CT molecular complexity index is 1540. The zero-order valence-corrected chi connectivity index (χ0v) is 28.0. The fourth-order valence-electron chi connectivity index (χ4n) is 4.37. The first-order valence-corrected chi connectivity index (χ1v) is 18.7. The highest BCUT2D eigenvalue weighted by Gasteiger charge is 2.30. The molecule has 2 aromatic carbocycles. The average molecular weight is 657 g/mol. The van der Waals surface area contributed by atoms with Crippen LogP contribution >= 0.6 is 70.6 Å². The van der Waals surface area contributed by atoms with Crippen LogP contribution < -0.4 is 0 Å². The van der Waals surface area contributed by atoms with Gasteiger partial charge in [-0.25, -0.2) is 0 Å². The van der Waals surface area contributed by atoms with Crippen molar-refractivity contribution in [2.24, 2.45) is 0 Å². The van der Waals surface area contributed by atoms with Gasteiger partial charge in [0, 0.05) is 44.9 Å². The lowest BCUT2D eigenvalue weighted by molar-refractivity contribution is 1.18. The molecule has 4 aromatic rings. The van der Waals surface area contributed by atoms with Crippen molar-refractivity contribution in [3.8, 4) is 0 Å². The van der Waals surface area contributed by atoms with Gasteiger partial charge < -0.3 is 0 Å². The van der Waals surface area contributed by atoms with E-state index in [0.29, 0.717) is 0 Å². The minimum Gasteiger partial charge on any atom is -0.260 e. The van der Waals surface area contributed by atoms with Crippen LogP contribution in [0.5, 0.6) is 0 Å². The molecular weight excluding hydrogens is 629 g/mol. The molecule has 8 heteroatoms. The van der Waals surface area contributed by atoms with E-state index in [4.69, 9.17) is 0 Å². The van der Waals surface area contributed by atoms with Crippen LogP contribution in [-0.2, 0) is 11.5 Å². The number of allylic oxidation sites excluding steroid dienone is 4. The fourth-order valence-corrected chi connectivity index (χ4v) is 12.6. The van der Waals surface area contributed by atoms with E-state index >= 15 is 0 Å². The molecule has 0 radical (unpaired) electrons. The molecule has 0 N–H and O–H groups in total. The second kappa shape index (κ2) is 14.5. The van der Waals surface area contributed by atoms with Crippen LogP contribution in [0.25, 0.3) is 11.1 Å². The van der Waals surface area contributed by atoms with Gasteiger partial charge in [0.2, 0.25) is 0 Å². The molecule has 0 bridgehead atoms. The van der Waals surface area contributed by atoms with Gasteiger partial charge in [-0.05, 0) is 49.2 Å². The monoisotopic (exact) mass is 656 g/mol. The van der Waals surface area contributed by atoms with Crippen molar-refractivity contribution in [3.05, 3.63) is 159 Å². The second-order valence-corrected chi connectivity index (χ2v) is 16.9. The summed E-state index contributed by atoms with van der Waals surface area (Å²) >= 11 is 11.4. The Hall–Kier alpha value is -2.20. The molecule has 2 aromatic heterocycles. The summed E-state index contributed by atoms with van der Waals surface area (Å²) in [6.45, 7) is 4.50. The Morgan fingerprint density at radius 3 is 1.31 bits per heavy atom. The molecule has 0 atom stereocenters. The molecule has 2 aliphatic rings. The average Bonchev–Trinajstić information content (AvgIpc) is 3.60. The summed E-state index contributed by atoms with van der Waals surface area (Å²) in [6, 6.07) is 34.1. The van der Waals surface area contributed by atoms with Gasteiger partial charge in [-0.15, -0.1) is 23.5 Å². The van der Waals surface area contributed by atoms with Crippen LogP contribution in [0.15, 0.2) is 136 Å². The van der Waals surface area contributed by atoms with Crippen molar-refractivity contribution in [1.82, 2.24) is 9.97 Å². The third kappa shape index (κ3) is 7.29. The maximum Gasteiger partial charge on any atom is 0.0586 e. The Balaban J connectivity index is 1.37. The van der Waals surface area contributed by atoms with E-state index in [1.54, 1.807) is 0 Å². The normalized spacial score (nSPS) is 17.7. The summed E-state index contributed by atoms with van der Waals surface area (Å²) < 4.78 is 5.39. The lowest BCUT2D eigenvalue weighted by Crippen LogP contribution is -1.95. The molecule has 6 rings (SSSR count). The SMILES string of the molecule is CC1=C(SCc2ccccn2)S/C(=C(\C(=C2\SC(C)=C(SCc3ccccn3)S2)c2ccccc2)c2ccccc2)S1. The summed E-state index contributed by atoms with van der Waals surface area (Å²) in [7, 11) is 0. The molecule has 0 saturated carbocycles. The molecule has 42 heavy (non-hydrogen) atoms. The van der Waals surface area contributed by atoms with Crippen molar-refractivity contribution in [2.75, 3.05) is 0 Å². The third-order valence-corrected chi connectivity index (χ3v) is 14.7. The molecule has 0 saturated heterocycles. The molecule has 0 fully saturated rings. The van der Waals surface area contributed by atoms with Crippen LogP contribution in [0, 0.1) is 0 Å². The van der Waals surface area contributed by atoms with Gasteiger partial charge >= 0.3 is 0 Å². The van der Waals surface area contributed by atoms with Crippen molar-refractivity contribution < 1.29 is 0 Å². The minimum atomic E-state index is 0.868. The van der Waals surface area contributed by atoms with Gasteiger partial charge in [0.25, 0.3) is 0 Å². The smallest absolute Gasteiger partial charge is 0.0586 e. The first-order valence-electron chi connectivity index (χ1n) is 13.4. The van der Waals surface area contributed by atoms with Crippen LogP contribution in [0.4, 0.5) is 0 Å². The number of rotatable bonds is 9. The molecule has 0 unspecified atom stereocenters. The highest BCUT2D eigenvalue weighted by molar-refractivity contribution is 8.36. The van der Waals surface area contributed by atoms with E-state index in [2.05, 4.69) is 109 Å². The predicted molar refractivity (Wildman–Crippen MR) is 194 cm³/mol. The lowest BCUT2D eigenvalue weighted by atomic mass is 9.95. The standard InChI is InChI=1S/C34H28N2S6/c1-23-31(37-21-27-17-9-11-19-35-27)41-33(39-23)29(25-13-5-3-6-14-25)30(26-15-7-4-8-16-26)34-40-24(2)32(42-34)38-22-28-18-10-12-20-36-28/h3-20H,21-22H2,1-2H3/b33-29-,34-30-. The number of hydrogen-bond acceptors (Lipinski definition) is 8. The first-order chi connectivity index (χ1) is 20.7. The van der Waals surface area contributed by atoms with Crippen molar-refractivity contribution >= 4 is 81.7 Å². The lowest BCUT2D eigenvalue weighted by Gasteiger charge is -2.19. The Kier molecular flexibility index (Phi) is 10.3. The first kappa shape index (κ1) is 29.9. The predicted octanol–water partition coefficient (Wildman–Crippen LogP) is 11.7. The topological polar surface area (TPSA) is 25.8 Å². The van der Waals surface area contributed by atoms with E-state index in [-0.39, 0.29) is 0 Å². The molecule has 0 spiro atoms. The van der Waals surface area contributed by atoms with E-state index in [0.717, 1.165) is 22.9 Å². The van der Waals surface area contributed by atoms with Gasteiger partial charge in [-0.1, -0.05) is 120 Å². The van der Waals surface area contributed by atoms with Gasteiger partial charge in [0.05, 0.1) is 28.3 Å². The zero-order valence-electron chi connectivity index (χ0n) is 23.2. The Morgan fingerprint density at radius 2 is 0.929 bits per heavy atom. The van der Waals surface area contributed by atoms with E-state index in [9.17, 15) is 0 Å². The summed E-state index contributed by atoms with van der Waals surface area (Å²) in [5.41, 5.74) is 7.33. The summed E-state index contributed by atoms with van der Waals surface area (Å²) in [4.78, 5) is 11.8. The van der Waals surface area contributed by atoms with E-state index in [1.165, 1.54) is 49.0 Å². The maximum absolute atomic E-state index is 4.54. The van der Waals surface area contributed by atoms with Crippen LogP contribution in [0.3, 0.4) is 0 Å². The van der Waals surface area contributed by atoms with Crippen molar-refractivity contribution in [1.29, 1.82) is 0 Å². The molecule has 0 aliphatic carbocycles. The molecule has 2 aliphatic heterocycles. The van der Waals surface area contributed by atoms with Crippen molar-refractivity contribution in [2.45, 2.75) is 25.4 Å². The van der Waals surface area contributed by atoms with Gasteiger partial charge in [0.15, 0.2) is 0 Å². The molecule has 2 nitrogen and oxygen atoms in total. The van der Waals surface area contributed by atoms with Crippen LogP contribution in [-0.4, -0.2) is 9.97 Å². The van der Waals surface area contributed by atoms with Crippen LogP contribution in [0.1, 0.15) is 36.4 Å². The molecule has 210 valence electrons. The van der Waals surface area contributed by atoms with Gasteiger partial charge in [-0.2, -0.15) is 0 Å². The fraction of sp³-hybridized carbons (Fsp3) is 0.118. The van der Waals surface area contributed by atoms with E-state index in [1.807, 2.05) is 95.1 Å².